The Balaban J connectivity index is 2.15. The highest BCUT2D eigenvalue weighted by atomic mass is 16.6. The Kier molecular flexibility index (Phi) is 2.71. The van der Waals surface area contributed by atoms with Gasteiger partial charge in [0.1, 0.15) is 5.60 Å². The van der Waals surface area contributed by atoms with E-state index in [0.717, 1.165) is 25.7 Å². The fraction of sp³-hybridized carbons (Fsp3) is 0.846. The number of hydrogen-bond donors (Lipinski definition) is 0. The average Bonchev–Trinajstić information content (AvgIpc) is 2.74. The van der Waals surface area contributed by atoms with Gasteiger partial charge < -0.3 is 4.74 Å². The molecule has 4 heteroatoms. The molecule has 17 heavy (non-hydrogen) atoms. The van der Waals surface area contributed by atoms with Crippen molar-refractivity contribution < 1.29 is 14.3 Å². The zero-order valence-corrected chi connectivity index (χ0v) is 11.1. The molecule has 1 atom stereocenters. The number of hydrogen-bond acceptors (Lipinski definition) is 3. The van der Waals surface area contributed by atoms with E-state index in [1.54, 1.807) is 11.8 Å². The van der Waals surface area contributed by atoms with Crippen LogP contribution in [-0.4, -0.2) is 34.0 Å². The average molecular weight is 239 g/mol. The molecule has 0 bridgehead atoms. The Morgan fingerprint density at radius 2 is 1.82 bits per heavy atom. The van der Waals surface area contributed by atoms with E-state index in [1.165, 1.54) is 0 Å². The molecule has 2 aliphatic rings. The lowest BCUT2D eigenvalue weighted by atomic mass is 10.1. The first-order valence-electron chi connectivity index (χ1n) is 6.28. The second-order valence-corrected chi connectivity index (χ2v) is 6.24. The first-order valence-corrected chi connectivity index (χ1v) is 6.28. The van der Waals surface area contributed by atoms with E-state index in [-0.39, 0.29) is 23.5 Å². The Labute approximate surface area is 102 Å². The van der Waals surface area contributed by atoms with Crippen LogP contribution in [0.15, 0.2) is 0 Å². The van der Waals surface area contributed by atoms with Crippen molar-refractivity contribution in [1.29, 1.82) is 0 Å². The van der Waals surface area contributed by atoms with E-state index in [9.17, 15) is 9.59 Å². The van der Waals surface area contributed by atoms with Crippen molar-refractivity contribution in [3.05, 3.63) is 0 Å². The van der Waals surface area contributed by atoms with Gasteiger partial charge in [0.2, 0.25) is 0 Å². The lowest BCUT2D eigenvalue weighted by Crippen LogP contribution is -2.47. The van der Waals surface area contributed by atoms with Gasteiger partial charge in [0.15, 0.2) is 5.78 Å². The van der Waals surface area contributed by atoms with Crippen LogP contribution in [0.5, 0.6) is 0 Å². The zero-order chi connectivity index (χ0) is 12.8. The summed E-state index contributed by atoms with van der Waals surface area (Å²) < 4.78 is 5.41. The molecule has 1 amide bonds. The van der Waals surface area contributed by atoms with Gasteiger partial charge in [-0.3, -0.25) is 9.69 Å². The van der Waals surface area contributed by atoms with Crippen molar-refractivity contribution in [2.75, 3.05) is 0 Å². The molecule has 1 unspecified atom stereocenters. The summed E-state index contributed by atoms with van der Waals surface area (Å²) in [6, 6.07) is -0.271. The Morgan fingerprint density at radius 3 is 2.24 bits per heavy atom. The van der Waals surface area contributed by atoms with Gasteiger partial charge in [0.25, 0.3) is 0 Å². The molecule has 0 radical (unpaired) electrons. The maximum atomic E-state index is 12.2. The number of ether oxygens (including phenoxy) is 1. The minimum absolute atomic E-state index is 0.0569. The first kappa shape index (κ1) is 12.4. The van der Waals surface area contributed by atoms with Gasteiger partial charge in [-0.25, -0.2) is 4.79 Å². The van der Waals surface area contributed by atoms with Crippen LogP contribution in [-0.2, 0) is 9.53 Å². The molecule has 96 valence electrons. The fourth-order valence-electron chi connectivity index (χ4n) is 2.64. The topological polar surface area (TPSA) is 46.6 Å². The number of nitrogens with zero attached hydrogens (tertiary/aromatic N) is 1. The van der Waals surface area contributed by atoms with Crippen LogP contribution in [0.4, 0.5) is 4.79 Å². The summed E-state index contributed by atoms with van der Waals surface area (Å²) in [6.45, 7) is 7.11. The smallest absolute Gasteiger partial charge is 0.411 e. The molecule has 1 heterocycles. The standard InChI is InChI=1S/C13H21NO3/c1-9(15)10-5-6-13(7-8-13)14(10)11(16)17-12(2,3)4/h10H,5-8H2,1-4H3. The lowest BCUT2D eigenvalue weighted by molar-refractivity contribution is -0.121. The van der Waals surface area contributed by atoms with Crippen molar-refractivity contribution in [3.63, 3.8) is 0 Å². The maximum absolute atomic E-state index is 12.2. The monoisotopic (exact) mass is 239 g/mol. The summed E-state index contributed by atoms with van der Waals surface area (Å²) in [5.74, 6) is 0.0691. The van der Waals surface area contributed by atoms with Gasteiger partial charge in [-0.1, -0.05) is 0 Å². The van der Waals surface area contributed by atoms with Gasteiger partial charge in [-0.2, -0.15) is 0 Å². The van der Waals surface area contributed by atoms with E-state index in [0.29, 0.717) is 0 Å². The first-order chi connectivity index (χ1) is 7.75. The predicted molar refractivity (Wildman–Crippen MR) is 63.7 cm³/mol. The van der Waals surface area contributed by atoms with Gasteiger partial charge >= 0.3 is 6.09 Å². The molecule has 1 saturated carbocycles. The van der Waals surface area contributed by atoms with E-state index >= 15 is 0 Å². The van der Waals surface area contributed by atoms with Crippen LogP contribution in [0, 0.1) is 0 Å². The van der Waals surface area contributed by atoms with Gasteiger partial charge in [-0.15, -0.1) is 0 Å². The highest BCUT2D eigenvalue weighted by Crippen LogP contribution is 2.52. The van der Waals surface area contributed by atoms with Crippen molar-refractivity contribution in [1.82, 2.24) is 4.90 Å². The molecular formula is C13H21NO3. The maximum Gasteiger partial charge on any atom is 0.411 e. The third kappa shape index (κ3) is 2.31. The van der Waals surface area contributed by atoms with Crippen molar-refractivity contribution in [3.8, 4) is 0 Å². The number of carbonyl (C=O) groups excluding carboxylic acids is 2. The SMILES string of the molecule is CC(=O)C1CCC2(CC2)N1C(=O)OC(C)(C)C. The lowest BCUT2D eigenvalue weighted by Gasteiger charge is -2.31. The molecule has 0 aromatic rings. The minimum Gasteiger partial charge on any atom is -0.444 e. The summed E-state index contributed by atoms with van der Waals surface area (Å²) >= 11 is 0. The molecule has 1 saturated heterocycles. The predicted octanol–water partition coefficient (Wildman–Crippen LogP) is 2.51. The van der Waals surface area contributed by atoms with Gasteiger partial charge in [0, 0.05) is 5.54 Å². The molecule has 4 nitrogen and oxygen atoms in total. The van der Waals surface area contributed by atoms with Crippen LogP contribution < -0.4 is 0 Å². The van der Waals surface area contributed by atoms with Crippen molar-refractivity contribution >= 4 is 11.9 Å². The van der Waals surface area contributed by atoms with Crippen LogP contribution in [0.2, 0.25) is 0 Å². The molecule has 1 spiro atoms. The Morgan fingerprint density at radius 1 is 1.24 bits per heavy atom. The van der Waals surface area contributed by atoms with Crippen molar-refractivity contribution in [2.24, 2.45) is 0 Å². The van der Waals surface area contributed by atoms with Crippen LogP contribution in [0.25, 0.3) is 0 Å². The Hall–Kier alpha value is -1.06. The summed E-state index contributed by atoms with van der Waals surface area (Å²) in [6.07, 6.45) is 3.42. The van der Waals surface area contributed by atoms with E-state index in [1.807, 2.05) is 20.8 Å². The second kappa shape index (κ2) is 3.72. The van der Waals surface area contributed by atoms with Crippen LogP contribution >= 0.6 is 0 Å². The van der Waals surface area contributed by atoms with Crippen LogP contribution in [0.1, 0.15) is 53.4 Å². The molecular weight excluding hydrogens is 218 g/mol. The molecule has 0 aromatic carbocycles. The second-order valence-electron chi connectivity index (χ2n) is 6.24. The molecule has 2 rings (SSSR count). The molecule has 1 aliphatic heterocycles. The number of Topliss-reactive ketones (excluding diaryl/α,β-unsaturated/α-hetero) is 1. The number of rotatable bonds is 1. The fourth-order valence-corrected chi connectivity index (χ4v) is 2.64. The number of carbonyl (C=O) groups is 2. The van der Waals surface area contributed by atoms with E-state index in [2.05, 4.69) is 0 Å². The van der Waals surface area contributed by atoms with E-state index < -0.39 is 5.60 Å². The Bertz CT molecular complexity index is 352. The minimum atomic E-state index is -0.503. The van der Waals surface area contributed by atoms with Crippen molar-refractivity contribution in [2.45, 2.75) is 70.6 Å². The normalized spacial score (nSPS) is 26.1. The number of likely N-dealkylation sites (tertiary alicyclic amines) is 1. The van der Waals surface area contributed by atoms with E-state index in [4.69, 9.17) is 4.74 Å². The summed E-state index contributed by atoms with van der Waals surface area (Å²) in [5.41, 5.74) is -0.560. The highest BCUT2D eigenvalue weighted by molar-refractivity contribution is 5.87. The quantitative estimate of drug-likeness (QED) is 0.706. The van der Waals surface area contributed by atoms with Crippen LogP contribution in [0.3, 0.4) is 0 Å². The summed E-state index contributed by atoms with van der Waals surface area (Å²) in [4.78, 5) is 25.5. The largest absolute Gasteiger partial charge is 0.444 e. The highest BCUT2D eigenvalue weighted by Gasteiger charge is 2.58. The van der Waals surface area contributed by atoms with Gasteiger partial charge in [0.05, 0.1) is 6.04 Å². The summed E-state index contributed by atoms with van der Waals surface area (Å²) in [5, 5.41) is 0. The molecule has 0 N–H and O–H groups in total. The third-order valence-electron chi connectivity index (χ3n) is 3.59. The number of ketones is 1. The number of amides is 1. The summed E-state index contributed by atoms with van der Waals surface area (Å²) in [7, 11) is 0. The zero-order valence-electron chi connectivity index (χ0n) is 11.1. The molecule has 2 fully saturated rings. The van der Waals surface area contributed by atoms with Gasteiger partial charge in [-0.05, 0) is 53.4 Å². The molecule has 0 aromatic heterocycles. The third-order valence-corrected chi connectivity index (χ3v) is 3.59. The molecule has 1 aliphatic carbocycles.